The van der Waals surface area contributed by atoms with Crippen molar-refractivity contribution in [2.24, 2.45) is 0 Å². The molecule has 0 bridgehead atoms. The Balaban J connectivity index is 1.80. The van der Waals surface area contributed by atoms with Gasteiger partial charge < -0.3 is 15.4 Å². The monoisotopic (exact) mass is 388 g/mol. The van der Waals surface area contributed by atoms with Gasteiger partial charge >= 0.3 is 5.97 Å². The van der Waals surface area contributed by atoms with Crippen molar-refractivity contribution in [2.75, 3.05) is 0 Å². The lowest BCUT2D eigenvalue weighted by Crippen LogP contribution is -2.42. The van der Waals surface area contributed by atoms with Crippen LogP contribution >= 0.6 is 15.9 Å². The fraction of sp³-hybridized carbons (Fsp3) is 0.125. The van der Waals surface area contributed by atoms with Gasteiger partial charge in [0.05, 0.1) is 5.39 Å². The van der Waals surface area contributed by atoms with Gasteiger partial charge in [-0.2, -0.15) is 0 Å². The Labute approximate surface area is 145 Å². The fourth-order valence-electron chi connectivity index (χ4n) is 2.34. The first-order valence-corrected chi connectivity index (χ1v) is 7.90. The summed E-state index contributed by atoms with van der Waals surface area (Å²) >= 11 is 3.33. The zero-order chi connectivity index (χ0) is 17.1. The van der Waals surface area contributed by atoms with Crippen molar-refractivity contribution in [1.29, 1.82) is 0 Å². The molecule has 0 aliphatic rings. The molecule has 122 valence electrons. The lowest BCUT2D eigenvalue weighted by Gasteiger charge is -2.14. The number of amides is 1. The number of aliphatic carboxylic acids is 1. The minimum Gasteiger partial charge on any atom is -0.480 e. The van der Waals surface area contributed by atoms with E-state index < -0.39 is 17.9 Å². The minimum atomic E-state index is -1.11. The van der Waals surface area contributed by atoms with Crippen LogP contribution in [-0.4, -0.2) is 38.0 Å². The molecule has 0 fully saturated rings. The highest BCUT2D eigenvalue weighted by Gasteiger charge is 2.23. The Morgan fingerprint density at radius 2 is 1.96 bits per heavy atom. The normalized spacial score (nSPS) is 12.0. The van der Waals surface area contributed by atoms with E-state index in [-0.39, 0.29) is 12.1 Å². The number of aromatic nitrogens is 3. The van der Waals surface area contributed by atoms with Gasteiger partial charge in [0.15, 0.2) is 0 Å². The molecular formula is C16H13BrN4O3. The van der Waals surface area contributed by atoms with Gasteiger partial charge in [-0.25, -0.2) is 14.8 Å². The molecule has 8 heteroatoms. The molecule has 24 heavy (non-hydrogen) atoms. The Hall–Kier alpha value is -2.74. The number of benzene rings is 1. The Kier molecular flexibility index (Phi) is 4.57. The number of rotatable bonds is 5. The molecule has 0 saturated carbocycles. The summed E-state index contributed by atoms with van der Waals surface area (Å²) in [7, 11) is 0. The van der Waals surface area contributed by atoms with E-state index >= 15 is 0 Å². The average molecular weight is 389 g/mol. The highest BCUT2D eigenvalue weighted by Crippen LogP contribution is 2.14. The lowest BCUT2D eigenvalue weighted by atomic mass is 10.1. The molecular weight excluding hydrogens is 376 g/mol. The van der Waals surface area contributed by atoms with Crippen molar-refractivity contribution in [3.63, 3.8) is 0 Å². The van der Waals surface area contributed by atoms with Gasteiger partial charge in [0.25, 0.3) is 5.91 Å². The number of carboxylic acids is 1. The van der Waals surface area contributed by atoms with E-state index in [1.54, 1.807) is 24.4 Å². The number of hydrogen-bond acceptors (Lipinski definition) is 4. The lowest BCUT2D eigenvalue weighted by molar-refractivity contribution is -0.139. The van der Waals surface area contributed by atoms with Gasteiger partial charge in [-0.1, -0.05) is 28.1 Å². The second-order valence-corrected chi connectivity index (χ2v) is 6.07. The second kappa shape index (κ2) is 6.79. The summed E-state index contributed by atoms with van der Waals surface area (Å²) in [4.78, 5) is 34.8. The van der Waals surface area contributed by atoms with Crippen molar-refractivity contribution in [3.8, 4) is 0 Å². The van der Waals surface area contributed by atoms with E-state index in [9.17, 15) is 14.7 Å². The molecule has 2 aromatic heterocycles. The average Bonchev–Trinajstić information content (AvgIpc) is 3.04. The first kappa shape index (κ1) is 16.1. The third-order valence-electron chi connectivity index (χ3n) is 3.53. The fourth-order valence-corrected chi connectivity index (χ4v) is 2.60. The molecule has 0 saturated heterocycles. The van der Waals surface area contributed by atoms with Crippen LogP contribution in [0.4, 0.5) is 0 Å². The van der Waals surface area contributed by atoms with Crippen LogP contribution in [0.25, 0.3) is 11.0 Å². The molecule has 3 rings (SSSR count). The van der Waals surface area contributed by atoms with E-state index in [2.05, 4.69) is 36.2 Å². The number of carbonyl (C=O) groups is 2. The van der Waals surface area contributed by atoms with E-state index in [1.807, 2.05) is 12.1 Å². The number of hydrogen-bond donors (Lipinski definition) is 3. The molecule has 0 spiro atoms. The predicted molar refractivity (Wildman–Crippen MR) is 90.6 cm³/mol. The molecule has 2 heterocycles. The molecule has 7 nitrogen and oxygen atoms in total. The number of fused-ring (bicyclic) bond motifs is 1. The summed E-state index contributed by atoms with van der Waals surface area (Å²) in [5.41, 5.74) is 1.47. The summed E-state index contributed by atoms with van der Waals surface area (Å²) < 4.78 is 0.901. The number of carbonyl (C=O) groups excluding carboxylic acids is 1. The molecule has 0 aliphatic heterocycles. The molecule has 0 aliphatic carbocycles. The van der Waals surface area contributed by atoms with E-state index in [0.29, 0.717) is 11.0 Å². The van der Waals surface area contributed by atoms with Gasteiger partial charge in [-0.05, 0) is 23.8 Å². The van der Waals surface area contributed by atoms with Crippen LogP contribution in [0, 0.1) is 0 Å². The Morgan fingerprint density at radius 3 is 2.67 bits per heavy atom. The molecule has 1 aromatic carbocycles. The van der Waals surface area contributed by atoms with Crippen molar-refractivity contribution in [3.05, 3.63) is 58.6 Å². The number of nitrogens with zero attached hydrogens (tertiary/aromatic N) is 2. The van der Waals surface area contributed by atoms with Gasteiger partial charge in [0.1, 0.15) is 23.7 Å². The number of carboxylic acid groups (broad SMARTS) is 1. The third-order valence-corrected chi connectivity index (χ3v) is 4.05. The number of halogens is 1. The first-order valence-electron chi connectivity index (χ1n) is 7.11. The van der Waals surface area contributed by atoms with Crippen molar-refractivity contribution in [2.45, 2.75) is 12.5 Å². The quantitative estimate of drug-likeness (QED) is 0.620. The molecule has 1 amide bonds. The van der Waals surface area contributed by atoms with E-state index in [0.717, 1.165) is 10.0 Å². The zero-order valence-electron chi connectivity index (χ0n) is 12.4. The van der Waals surface area contributed by atoms with Crippen LogP contribution in [0.15, 0.2) is 47.3 Å². The second-order valence-electron chi connectivity index (χ2n) is 5.16. The Bertz CT molecular complexity index is 892. The largest absolute Gasteiger partial charge is 0.480 e. The molecule has 3 N–H and O–H groups in total. The first-order chi connectivity index (χ1) is 11.5. The number of nitrogens with one attached hydrogen (secondary N) is 2. The predicted octanol–water partition coefficient (Wildman–Crippen LogP) is 2.15. The van der Waals surface area contributed by atoms with Crippen LogP contribution in [0.5, 0.6) is 0 Å². The van der Waals surface area contributed by atoms with Gasteiger partial charge in [-0.15, -0.1) is 0 Å². The third kappa shape index (κ3) is 3.43. The van der Waals surface area contributed by atoms with Gasteiger partial charge in [0, 0.05) is 17.1 Å². The summed E-state index contributed by atoms with van der Waals surface area (Å²) in [5.74, 6) is -1.66. The highest BCUT2D eigenvalue weighted by atomic mass is 79.9. The molecule has 1 atom stereocenters. The maximum atomic E-state index is 12.4. The van der Waals surface area contributed by atoms with Crippen molar-refractivity contribution < 1.29 is 14.7 Å². The summed E-state index contributed by atoms with van der Waals surface area (Å²) in [6.07, 6.45) is 3.08. The Morgan fingerprint density at radius 1 is 1.21 bits per heavy atom. The summed E-state index contributed by atoms with van der Waals surface area (Å²) in [6.45, 7) is 0. The molecule has 0 unspecified atom stereocenters. The highest BCUT2D eigenvalue weighted by molar-refractivity contribution is 9.10. The van der Waals surface area contributed by atoms with Crippen molar-refractivity contribution >= 4 is 38.8 Å². The van der Waals surface area contributed by atoms with Crippen LogP contribution < -0.4 is 5.32 Å². The van der Waals surface area contributed by atoms with Gasteiger partial charge in [-0.3, -0.25) is 4.79 Å². The number of aromatic amines is 1. The standard InChI is InChI=1S/C16H13BrN4O3/c17-10-3-1-9(2-4-10)7-12(16(23)24)21-15(22)13-11-5-6-18-14(11)20-8-19-13/h1-6,8,12H,7H2,(H,21,22)(H,23,24)(H,18,19,20)/t12-/m0/s1. The summed E-state index contributed by atoms with van der Waals surface area (Å²) in [5, 5.41) is 12.5. The smallest absolute Gasteiger partial charge is 0.326 e. The van der Waals surface area contributed by atoms with Crippen LogP contribution in [-0.2, 0) is 11.2 Å². The maximum absolute atomic E-state index is 12.4. The van der Waals surface area contributed by atoms with Crippen LogP contribution in [0.1, 0.15) is 16.1 Å². The SMILES string of the molecule is O=C(N[C@@H](Cc1ccc(Br)cc1)C(=O)O)c1ncnc2[nH]ccc12. The van der Waals surface area contributed by atoms with Crippen LogP contribution in [0.2, 0.25) is 0 Å². The van der Waals surface area contributed by atoms with E-state index in [4.69, 9.17) is 0 Å². The molecule has 3 aromatic rings. The van der Waals surface area contributed by atoms with Crippen molar-refractivity contribution in [1.82, 2.24) is 20.3 Å². The van der Waals surface area contributed by atoms with Crippen LogP contribution in [0.3, 0.4) is 0 Å². The molecule has 0 radical (unpaired) electrons. The van der Waals surface area contributed by atoms with Gasteiger partial charge in [0.2, 0.25) is 0 Å². The van der Waals surface area contributed by atoms with E-state index in [1.165, 1.54) is 6.33 Å². The number of H-pyrrole nitrogens is 1. The maximum Gasteiger partial charge on any atom is 0.326 e. The summed E-state index contributed by atoms with van der Waals surface area (Å²) in [6, 6.07) is 7.88. The zero-order valence-corrected chi connectivity index (χ0v) is 13.9. The topological polar surface area (TPSA) is 108 Å². The minimum absolute atomic E-state index is 0.142.